The van der Waals surface area contributed by atoms with Crippen LogP contribution in [0.25, 0.3) is 0 Å². The lowest BCUT2D eigenvalue weighted by molar-refractivity contribution is -0.117. The fraction of sp³-hybridized carbons (Fsp3) is 0.200. The minimum atomic E-state index is 0.110. The molecular weight excluding hydrogens is 400 g/mol. The van der Waals surface area contributed by atoms with Crippen molar-refractivity contribution in [2.75, 3.05) is 11.4 Å². The Labute approximate surface area is 139 Å². The van der Waals surface area contributed by atoms with E-state index in [1.54, 1.807) is 17.2 Å². The molecular formula is C15H12Br2N2O2. The van der Waals surface area contributed by atoms with Gasteiger partial charge in [-0.3, -0.25) is 4.79 Å². The van der Waals surface area contributed by atoms with Gasteiger partial charge in [-0.15, -0.1) is 0 Å². The maximum Gasteiger partial charge on any atom is 0.228 e. The molecule has 2 aromatic rings. The summed E-state index contributed by atoms with van der Waals surface area (Å²) in [4.78, 5) is 18.0. The van der Waals surface area contributed by atoms with Gasteiger partial charge in [0.1, 0.15) is 5.75 Å². The van der Waals surface area contributed by atoms with Crippen molar-refractivity contribution in [2.45, 2.75) is 11.2 Å². The maximum atomic E-state index is 11.8. The van der Waals surface area contributed by atoms with Gasteiger partial charge in [0.05, 0.1) is 11.9 Å². The quantitative estimate of drug-likeness (QED) is 0.713. The van der Waals surface area contributed by atoms with Crippen molar-refractivity contribution in [2.24, 2.45) is 0 Å². The Morgan fingerprint density at radius 3 is 2.76 bits per heavy atom. The number of anilines is 1. The van der Waals surface area contributed by atoms with Crippen LogP contribution in [0.1, 0.15) is 6.42 Å². The van der Waals surface area contributed by atoms with E-state index in [-0.39, 0.29) is 10.7 Å². The van der Waals surface area contributed by atoms with Gasteiger partial charge in [0.15, 0.2) is 0 Å². The van der Waals surface area contributed by atoms with Gasteiger partial charge in [0.2, 0.25) is 11.8 Å². The van der Waals surface area contributed by atoms with E-state index in [0.29, 0.717) is 24.6 Å². The smallest absolute Gasteiger partial charge is 0.228 e. The van der Waals surface area contributed by atoms with Crippen molar-refractivity contribution in [3.63, 3.8) is 0 Å². The van der Waals surface area contributed by atoms with Crippen LogP contribution in [0.5, 0.6) is 11.6 Å². The van der Waals surface area contributed by atoms with Gasteiger partial charge in [-0.05, 0) is 24.3 Å². The molecule has 1 aromatic carbocycles. The number of aromatic nitrogens is 1. The summed E-state index contributed by atoms with van der Waals surface area (Å²) in [6.45, 7) is 0.673. The summed E-state index contributed by atoms with van der Waals surface area (Å²) < 4.78 is 6.62. The third kappa shape index (κ3) is 3.44. The van der Waals surface area contributed by atoms with Crippen molar-refractivity contribution >= 4 is 43.5 Å². The molecule has 0 spiro atoms. The average molecular weight is 412 g/mol. The first-order valence-corrected chi connectivity index (χ1v) is 8.16. The first kappa shape index (κ1) is 14.5. The third-order valence-corrected chi connectivity index (χ3v) is 4.24. The number of nitrogens with zero attached hydrogens (tertiary/aromatic N) is 2. The molecule has 0 N–H and O–H groups in total. The van der Waals surface area contributed by atoms with Crippen molar-refractivity contribution in [1.29, 1.82) is 0 Å². The number of hydrogen-bond donors (Lipinski definition) is 0. The molecule has 1 aromatic heterocycles. The Balaban J connectivity index is 1.74. The van der Waals surface area contributed by atoms with Crippen LogP contribution in [-0.2, 0) is 4.79 Å². The number of ether oxygens (including phenoxy) is 1. The fourth-order valence-corrected chi connectivity index (χ4v) is 3.10. The molecule has 1 fully saturated rings. The van der Waals surface area contributed by atoms with Crippen LogP contribution in [-0.4, -0.2) is 22.3 Å². The molecule has 3 rings (SSSR count). The first-order valence-electron chi connectivity index (χ1n) is 6.46. The summed E-state index contributed by atoms with van der Waals surface area (Å²) in [7, 11) is 0. The predicted octanol–water partition coefficient (Wildman–Crippen LogP) is 4.14. The molecule has 108 valence electrons. The van der Waals surface area contributed by atoms with Crippen LogP contribution in [0, 0.1) is 0 Å². The molecule has 1 unspecified atom stereocenters. The molecule has 0 saturated carbocycles. The summed E-state index contributed by atoms with van der Waals surface area (Å²) in [5, 5.41) is 0. The zero-order chi connectivity index (χ0) is 14.8. The summed E-state index contributed by atoms with van der Waals surface area (Å²) in [6.07, 6.45) is 2.19. The topological polar surface area (TPSA) is 42.4 Å². The molecule has 2 heterocycles. The van der Waals surface area contributed by atoms with E-state index < -0.39 is 0 Å². The number of rotatable bonds is 3. The maximum absolute atomic E-state index is 11.8. The van der Waals surface area contributed by atoms with E-state index in [2.05, 4.69) is 36.8 Å². The standard InChI is InChI=1S/C15H12Br2N2O2/c16-10-2-1-3-13(6-10)21-14-5-4-12(8-18-14)19-9-11(17)7-15(19)20/h1-6,8,11H,7,9H2. The van der Waals surface area contributed by atoms with E-state index in [1.165, 1.54) is 0 Å². The van der Waals surface area contributed by atoms with Gasteiger partial charge in [-0.25, -0.2) is 4.98 Å². The highest BCUT2D eigenvalue weighted by Crippen LogP contribution is 2.27. The monoisotopic (exact) mass is 410 g/mol. The predicted molar refractivity (Wildman–Crippen MR) is 88.1 cm³/mol. The number of halogens is 2. The van der Waals surface area contributed by atoms with Gasteiger partial charge in [0, 0.05) is 28.3 Å². The van der Waals surface area contributed by atoms with Crippen LogP contribution in [0.4, 0.5) is 5.69 Å². The summed E-state index contributed by atoms with van der Waals surface area (Å²) in [6, 6.07) is 11.2. The van der Waals surface area contributed by atoms with Crippen molar-refractivity contribution < 1.29 is 9.53 Å². The second kappa shape index (κ2) is 6.15. The van der Waals surface area contributed by atoms with Gasteiger partial charge < -0.3 is 9.64 Å². The molecule has 1 atom stereocenters. The molecule has 21 heavy (non-hydrogen) atoms. The third-order valence-electron chi connectivity index (χ3n) is 3.13. The second-order valence-corrected chi connectivity index (χ2v) is 6.93. The molecule has 1 aliphatic heterocycles. The van der Waals surface area contributed by atoms with Crippen molar-refractivity contribution in [3.05, 3.63) is 47.1 Å². The summed E-state index contributed by atoms with van der Waals surface area (Å²) in [5.41, 5.74) is 0.795. The highest BCUT2D eigenvalue weighted by Gasteiger charge is 2.28. The highest BCUT2D eigenvalue weighted by atomic mass is 79.9. The van der Waals surface area contributed by atoms with Crippen LogP contribution < -0.4 is 9.64 Å². The summed E-state index contributed by atoms with van der Waals surface area (Å²) >= 11 is 6.86. The first-order chi connectivity index (χ1) is 10.1. The highest BCUT2D eigenvalue weighted by molar-refractivity contribution is 9.10. The van der Waals surface area contributed by atoms with E-state index in [9.17, 15) is 4.79 Å². The second-order valence-electron chi connectivity index (χ2n) is 4.72. The lowest BCUT2D eigenvalue weighted by Gasteiger charge is -2.15. The Kier molecular flexibility index (Phi) is 4.26. The zero-order valence-electron chi connectivity index (χ0n) is 11.0. The fourth-order valence-electron chi connectivity index (χ4n) is 2.16. The number of hydrogen-bond acceptors (Lipinski definition) is 3. The molecule has 1 aliphatic rings. The summed E-state index contributed by atoms with van der Waals surface area (Å²) in [5.74, 6) is 1.32. The van der Waals surface area contributed by atoms with E-state index in [1.807, 2.05) is 30.3 Å². The molecule has 0 bridgehead atoms. The Morgan fingerprint density at radius 2 is 2.14 bits per heavy atom. The van der Waals surface area contributed by atoms with Crippen molar-refractivity contribution in [1.82, 2.24) is 4.98 Å². The minimum absolute atomic E-state index is 0.110. The number of carbonyl (C=O) groups is 1. The molecule has 6 heteroatoms. The Bertz CT molecular complexity index is 661. The number of alkyl halides is 1. The average Bonchev–Trinajstić information content (AvgIpc) is 2.79. The Hall–Kier alpha value is -1.40. The molecule has 4 nitrogen and oxygen atoms in total. The molecule has 0 aliphatic carbocycles. The number of benzene rings is 1. The van der Waals surface area contributed by atoms with Crippen LogP contribution in [0.15, 0.2) is 47.1 Å². The van der Waals surface area contributed by atoms with Crippen LogP contribution >= 0.6 is 31.9 Å². The molecule has 1 saturated heterocycles. The largest absolute Gasteiger partial charge is 0.439 e. The van der Waals surface area contributed by atoms with Gasteiger partial charge in [0.25, 0.3) is 0 Å². The zero-order valence-corrected chi connectivity index (χ0v) is 14.2. The number of carbonyl (C=O) groups excluding carboxylic acids is 1. The lowest BCUT2D eigenvalue weighted by atomic mass is 10.3. The van der Waals surface area contributed by atoms with Gasteiger partial charge >= 0.3 is 0 Å². The number of pyridine rings is 1. The van der Waals surface area contributed by atoms with Crippen LogP contribution in [0.2, 0.25) is 0 Å². The van der Waals surface area contributed by atoms with Gasteiger partial charge in [-0.2, -0.15) is 0 Å². The lowest BCUT2D eigenvalue weighted by Crippen LogP contribution is -2.24. The van der Waals surface area contributed by atoms with E-state index in [4.69, 9.17) is 4.74 Å². The van der Waals surface area contributed by atoms with Gasteiger partial charge in [-0.1, -0.05) is 37.9 Å². The van der Waals surface area contributed by atoms with Crippen molar-refractivity contribution in [3.8, 4) is 11.6 Å². The van der Waals surface area contributed by atoms with E-state index in [0.717, 1.165) is 10.2 Å². The van der Waals surface area contributed by atoms with Crippen LogP contribution in [0.3, 0.4) is 0 Å². The SMILES string of the molecule is O=C1CC(Br)CN1c1ccc(Oc2cccc(Br)c2)nc1. The van der Waals surface area contributed by atoms with E-state index >= 15 is 0 Å². The normalized spacial score (nSPS) is 18.1. The number of amides is 1. The molecule has 1 amide bonds. The Morgan fingerprint density at radius 1 is 1.29 bits per heavy atom. The minimum Gasteiger partial charge on any atom is -0.439 e. The molecule has 0 radical (unpaired) electrons.